The number of benzene rings is 2. The highest BCUT2D eigenvalue weighted by Crippen LogP contribution is 2.17. The third-order valence-electron chi connectivity index (χ3n) is 3.25. The molecule has 23 heavy (non-hydrogen) atoms. The Morgan fingerprint density at radius 2 is 1.83 bits per heavy atom. The molecule has 0 aliphatic carbocycles. The molecule has 2 rings (SSSR count). The molecule has 0 unspecified atom stereocenters. The van der Waals surface area contributed by atoms with Crippen molar-refractivity contribution in [2.45, 2.75) is 13.0 Å². The molecule has 0 aromatic heterocycles. The number of hydrogen-bond acceptors (Lipinski definition) is 4. The van der Waals surface area contributed by atoms with Crippen LogP contribution in [0.5, 0.6) is 0 Å². The highest BCUT2D eigenvalue weighted by Gasteiger charge is 2.11. The van der Waals surface area contributed by atoms with Gasteiger partial charge in [-0.2, -0.15) is 0 Å². The molecular formula is C16H17N3O3S. The molecule has 0 spiro atoms. The Morgan fingerprint density at radius 1 is 1.22 bits per heavy atom. The molecule has 120 valence electrons. The lowest BCUT2D eigenvalue weighted by molar-refractivity contribution is -0.384. The second-order valence-electron chi connectivity index (χ2n) is 5.07. The molecule has 0 saturated heterocycles. The summed E-state index contributed by atoms with van der Waals surface area (Å²) >= 11 is 5.17. The largest absolute Gasteiger partial charge is 0.387 e. The number of nitro groups is 1. The minimum Gasteiger partial charge on any atom is -0.387 e. The van der Waals surface area contributed by atoms with Crippen molar-refractivity contribution in [3.05, 3.63) is 69.8 Å². The quantitative estimate of drug-likeness (QED) is 0.444. The summed E-state index contributed by atoms with van der Waals surface area (Å²) in [5.41, 5.74) is 2.59. The van der Waals surface area contributed by atoms with Crippen LogP contribution in [0.25, 0.3) is 0 Å². The maximum atomic E-state index is 10.6. The Labute approximate surface area is 139 Å². The predicted octanol–water partition coefficient (Wildman–Crippen LogP) is 2.92. The van der Waals surface area contributed by atoms with E-state index in [1.165, 1.54) is 24.3 Å². The van der Waals surface area contributed by atoms with Crippen molar-refractivity contribution in [3.8, 4) is 0 Å². The van der Waals surface area contributed by atoms with Crippen molar-refractivity contribution >= 4 is 28.7 Å². The lowest BCUT2D eigenvalue weighted by atomic mass is 10.1. The Bertz CT molecular complexity index is 687. The number of rotatable bonds is 5. The van der Waals surface area contributed by atoms with E-state index in [9.17, 15) is 15.2 Å². The van der Waals surface area contributed by atoms with Crippen LogP contribution in [-0.4, -0.2) is 21.7 Å². The second kappa shape index (κ2) is 7.66. The fraction of sp³-hybridized carbons (Fsp3) is 0.188. The molecule has 1 atom stereocenters. The normalized spacial score (nSPS) is 11.6. The third-order valence-corrected chi connectivity index (χ3v) is 3.50. The van der Waals surface area contributed by atoms with Crippen LogP contribution < -0.4 is 10.6 Å². The van der Waals surface area contributed by atoms with E-state index in [4.69, 9.17) is 12.2 Å². The summed E-state index contributed by atoms with van der Waals surface area (Å²) in [4.78, 5) is 10.1. The number of aliphatic hydroxyl groups excluding tert-OH is 1. The summed E-state index contributed by atoms with van der Waals surface area (Å²) in [5.74, 6) is 0. The van der Waals surface area contributed by atoms with Gasteiger partial charge in [-0.15, -0.1) is 0 Å². The van der Waals surface area contributed by atoms with Gasteiger partial charge in [0.05, 0.1) is 11.0 Å². The third kappa shape index (κ3) is 5.01. The van der Waals surface area contributed by atoms with Gasteiger partial charge in [-0.3, -0.25) is 10.1 Å². The Balaban J connectivity index is 1.85. The summed E-state index contributed by atoms with van der Waals surface area (Å²) in [6.07, 6.45) is -0.812. The Hall–Kier alpha value is -2.51. The first-order valence-corrected chi connectivity index (χ1v) is 7.40. The zero-order valence-corrected chi connectivity index (χ0v) is 13.3. The average molecular weight is 331 g/mol. The van der Waals surface area contributed by atoms with Crippen LogP contribution >= 0.6 is 12.2 Å². The summed E-state index contributed by atoms with van der Waals surface area (Å²) in [6.45, 7) is 2.20. The zero-order chi connectivity index (χ0) is 16.8. The van der Waals surface area contributed by atoms with Crippen LogP contribution in [0.1, 0.15) is 17.2 Å². The number of thiocarbonyl (C=S) groups is 1. The number of aliphatic hydroxyl groups is 1. The highest BCUT2D eigenvalue weighted by atomic mass is 32.1. The van der Waals surface area contributed by atoms with E-state index in [2.05, 4.69) is 10.6 Å². The molecule has 0 radical (unpaired) electrons. The molecule has 0 fully saturated rings. The van der Waals surface area contributed by atoms with Gasteiger partial charge >= 0.3 is 0 Å². The maximum absolute atomic E-state index is 10.6. The van der Waals surface area contributed by atoms with Crippen LogP contribution in [0.3, 0.4) is 0 Å². The monoisotopic (exact) mass is 331 g/mol. The first-order chi connectivity index (χ1) is 11.0. The van der Waals surface area contributed by atoms with Gasteiger partial charge in [0.2, 0.25) is 0 Å². The number of nitrogens with zero attached hydrogens (tertiary/aromatic N) is 1. The SMILES string of the molecule is Cc1ccc(NC(=S)NC[C@@H](O)c2ccc([N+](=O)[O-])cc2)cc1. The molecule has 3 N–H and O–H groups in total. The number of non-ortho nitro benzene ring substituents is 1. The van der Waals surface area contributed by atoms with E-state index in [1.54, 1.807) is 0 Å². The number of nitrogens with one attached hydrogen (secondary N) is 2. The number of anilines is 1. The molecule has 0 heterocycles. The molecule has 6 nitrogen and oxygen atoms in total. The van der Waals surface area contributed by atoms with Gasteiger partial charge in [-0.25, -0.2) is 0 Å². The first-order valence-electron chi connectivity index (χ1n) is 6.99. The van der Waals surface area contributed by atoms with Crippen LogP contribution in [0.15, 0.2) is 48.5 Å². The van der Waals surface area contributed by atoms with Crippen LogP contribution in [0, 0.1) is 17.0 Å². The van der Waals surface area contributed by atoms with Gasteiger partial charge in [0.1, 0.15) is 0 Å². The minimum atomic E-state index is -0.812. The summed E-state index contributed by atoms with van der Waals surface area (Å²) < 4.78 is 0. The van der Waals surface area contributed by atoms with Crippen molar-refractivity contribution < 1.29 is 10.0 Å². The zero-order valence-electron chi connectivity index (χ0n) is 12.5. The van der Waals surface area contributed by atoms with Crippen LogP contribution in [-0.2, 0) is 0 Å². The fourth-order valence-electron chi connectivity index (χ4n) is 1.94. The summed E-state index contributed by atoms with van der Waals surface area (Å²) in [5, 5.41) is 27.0. The number of aryl methyl sites for hydroxylation is 1. The standard InChI is InChI=1S/C16H17N3O3S/c1-11-2-6-13(7-3-11)18-16(23)17-10-15(20)12-4-8-14(9-5-12)19(21)22/h2-9,15,20H,10H2,1H3,(H2,17,18,23)/t15-/m1/s1. The van der Waals surface area contributed by atoms with E-state index in [1.807, 2.05) is 31.2 Å². The lowest BCUT2D eigenvalue weighted by Crippen LogP contribution is -2.32. The van der Waals surface area contributed by atoms with Crippen molar-refractivity contribution in [2.75, 3.05) is 11.9 Å². The maximum Gasteiger partial charge on any atom is 0.269 e. The van der Waals surface area contributed by atoms with Crippen molar-refractivity contribution in [1.29, 1.82) is 0 Å². The minimum absolute atomic E-state index is 0.00883. The molecule has 0 saturated carbocycles. The molecule has 0 bridgehead atoms. The van der Waals surface area contributed by atoms with E-state index < -0.39 is 11.0 Å². The first kappa shape index (κ1) is 16.9. The van der Waals surface area contributed by atoms with E-state index >= 15 is 0 Å². The second-order valence-corrected chi connectivity index (χ2v) is 5.47. The summed E-state index contributed by atoms with van der Waals surface area (Å²) in [6, 6.07) is 13.5. The van der Waals surface area contributed by atoms with Crippen LogP contribution in [0.2, 0.25) is 0 Å². The number of hydrogen-bond donors (Lipinski definition) is 3. The van der Waals surface area contributed by atoms with Crippen molar-refractivity contribution in [1.82, 2.24) is 5.32 Å². The molecule has 7 heteroatoms. The highest BCUT2D eigenvalue weighted by molar-refractivity contribution is 7.80. The Morgan fingerprint density at radius 3 is 2.39 bits per heavy atom. The fourth-order valence-corrected chi connectivity index (χ4v) is 2.14. The molecule has 2 aromatic carbocycles. The van der Waals surface area contributed by atoms with E-state index in [0.717, 1.165) is 11.3 Å². The van der Waals surface area contributed by atoms with Gasteiger partial charge < -0.3 is 15.7 Å². The van der Waals surface area contributed by atoms with E-state index in [-0.39, 0.29) is 12.2 Å². The van der Waals surface area contributed by atoms with Gasteiger partial charge in [0.15, 0.2) is 5.11 Å². The molecule has 0 aliphatic heterocycles. The predicted molar refractivity (Wildman–Crippen MR) is 93.5 cm³/mol. The van der Waals surface area contributed by atoms with Gasteiger partial charge in [-0.05, 0) is 49.0 Å². The number of nitro benzene ring substituents is 1. The van der Waals surface area contributed by atoms with Crippen molar-refractivity contribution in [2.24, 2.45) is 0 Å². The lowest BCUT2D eigenvalue weighted by Gasteiger charge is -2.15. The summed E-state index contributed by atoms with van der Waals surface area (Å²) in [7, 11) is 0. The smallest absolute Gasteiger partial charge is 0.269 e. The van der Waals surface area contributed by atoms with Gasteiger partial charge in [0, 0.05) is 24.4 Å². The molecular weight excluding hydrogens is 314 g/mol. The average Bonchev–Trinajstić information content (AvgIpc) is 2.55. The molecule has 0 amide bonds. The van der Waals surface area contributed by atoms with Crippen LogP contribution in [0.4, 0.5) is 11.4 Å². The van der Waals surface area contributed by atoms with Gasteiger partial charge in [0.25, 0.3) is 5.69 Å². The van der Waals surface area contributed by atoms with E-state index in [0.29, 0.717) is 10.7 Å². The van der Waals surface area contributed by atoms with Gasteiger partial charge in [-0.1, -0.05) is 17.7 Å². The Kier molecular flexibility index (Phi) is 5.61. The molecule has 0 aliphatic rings. The molecule has 2 aromatic rings. The van der Waals surface area contributed by atoms with Crippen molar-refractivity contribution in [3.63, 3.8) is 0 Å². The topological polar surface area (TPSA) is 87.4 Å².